The fourth-order valence-corrected chi connectivity index (χ4v) is 3.76. The first-order valence-corrected chi connectivity index (χ1v) is 10.7. The average Bonchev–Trinajstić information content (AvgIpc) is 3.18. The first-order valence-electron chi connectivity index (χ1n) is 9.54. The zero-order valence-corrected chi connectivity index (χ0v) is 17.6. The molecule has 150 valence electrons. The molecule has 6 heteroatoms. The van der Waals surface area contributed by atoms with Gasteiger partial charge in [-0.2, -0.15) is 0 Å². The average molecular weight is 401 g/mol. The molecule has 1 heterocycles. The maximum absolute atomic E-state index is 12.7. The summed E-state index contributed by atoms with van der Waals surface area (Å²) in [6, 6.07) is 3.87. The molecule has 0 aromatic carbocycles. The minimum Gasteiger partial charge on any atom is -0.593 e. The van der Waals surface area contributed by atoms with Crippen LogP contribution in [0.1, 0.15) is 52.2 Å². The van der Waals surface area contributed by atoms with E-state index in [9.17, 15) is 9.35 Å². The van der Waals surface area contributed by atoms with E-state index in [1.807, 2.05) is 58.1 Å². The van der Waals surface area contributed by atoms with Gasteiger partial charge in [-0.1, -0.05) is 24.3 Å². The molecule has 0 saturated carbocycles. The smallest absolute Gasteiger partial charge is 0.231 e. The number of rotatable bonds is 5. The molecule has 1 aromatic heterocycles. The van der Waals surface area contributed by atoms with Crippen molar-refractivity contribution in [1.29, 1.82) is 0 Å². The molecule has 0 radical (unpaired) electrons. The molecular formula is C22H28N2O3S. The van der Waals surface area contributed by atoms with E-state index in [1.165, 1.54) is 0 Å². The fourth-order valence-electron chi connectivity index (χ4n) is 3.09. The molecular weight excluding hydrogens is 372 g/mol. The van der Waals surface area contributed by atoms with Gasteiger partial charge < -0.3 is 14.3 Å². The van der Waals surface area contributed by atoms with Gasteiger partial charge in [0.2, 0.25) is 5.91 Å². The number of hydrogen-bond donors (Lipinski definition) is 2. The van der Waals surface area contributed by atoms with Gasteiger partial charge >= 0.3 is 0 Å². The van der Waals surface area contributed by atoms with Crippen LogP contribution in [-0.4, -0.2) is 15.2 Å². The van der Waals surface area contributed by atoms with Crippen molar-refractivity contribution in [1.82, 2.24) is 10.0 Å². The van der Waals surface area contributed by atoms with E-state index in [4.69, 9.17) is 4.42 Å². The predicted molar refractivity (Wildman–Crippen MR) is 112 cm³/mol. The van der Waals surface area contributed by atoms with Crippen molar-refractivity contribution in [3.8, 4) is 0 Å². The van der Waals surface area contributed by atoms with Crippen molar-refractivity contribution >= 4 is 17.3 Å². The molecule has 1 aromatic rings. The van der Waals surface area contributed by atoms with Gasteiger partial charge in [-0.05, 0) is 64.3 Å². The van der Waals surface area contributed by atoms with E-state index in [0.717, 1.165) is 29.1 Å². The summed E-state index contributed by atoms with van der Waals surface area (Å²) in [5.41, 5.74) is 2.70. The number of nitrogens with one attached hydrogen (secondary N) is 2. The molecule has 2 N–H and O–H groups in total. The van der Waals surface area contributed by atoms with Crippen LogP contribution in [0.3, 0.4) is 0 Å². The molecule has 1 amide bonds. The maximum Gasteiger partial charge on any atom is 0.231 e. The van der Waals surface area contributed by atoms with Gasteiger partial charge in [0, 0.05) is 11.6 Å². The molecule has 0 bridgehead atoms. The summed E-state index contributed by atoms with van der Waals surface area (Å²) in [5.74, 6) is 0.892. The van der Waals surface area contributed by atoms with Crippen LogP contribution >= 0.6 is 0 Å². The van der Waals surface area contributed by atoms with Gasteiger partial charge in [-0.25, -0.2) is 4.72 Å². The second-order valence-corrected chi connectivity index (χ2v) is 10.1. The Kier molecular flexibility index (Phi) is 6.20. The number of hydrogen-bond acceptors (Lipinski definition) is 4. The van der Waals surface area contributed by atoms with E-state index in [-0.39, 0.29) is 22.5 Å². The lowest BCUT2D eigenvalue weighted by atomic mass is 9.92. The van der Waals surface area contributed by atoms with E-state index >= 15 is 0 Å². The first kappa shape index (κ1) is 20.6. The highest BCUT2D eigenvalue weighted by molar-refractivity contribution is 7.90. The van der Waals surface area contributed by atoms with Crippen molar-refractivity contribution < 1.29 is 13.8 Å². The lowest BCUT2D eigenvalue weighted by Crippen LogP contribution is -2.39. The van der Waals surface area contributed by atoms with Crippen LogP contribution in [0.4, 0.5) is 0 Å². The Bertz CT molecular complexity index is 828. The molecule has 3 unspecified atom stereocenters. The van der Waals surface area contributed by atoms with Gasteiger partial charge in [0.1, 0.15) is 10.5 Å². The molecule has 0 aliphatic heterocycles. The summed E-state index contributed by atoms with van der Waals surface area (Å²) in [5, 5.41) is 3.05. The van der Waals surface area contributed by atoms with Gasteiger partial charge in [0.15, 0.2) is 0 Å². The summed E-state index contributed by atoms with van der Waals surface area (Å²) in [6.45, 7) is 7.76. The summed E-state index contributed by atoms with van der Waals surface area (Å²) in [6.07, 6.45) is 12.9. The highest BCUT2D eigenvalue weighted by Crippen LogP contribution is 2.30. The van der Waals surface area contributed by atoms with Crippen LogP contribution in [-0.2, 0) is 16.2 Å². The van der Waals surface area contributed by atoms with Crippen molar-refractivity contribution in [2.75, 3.05) is 0 Å². The van der Waals surface area contributed by atoms with E-state index < -0.39 is 11.4 Å². The van der Waals surface area contributed by atoms with Crippen molar-refractivity contribution in [2.45, 2.75) is 51.2 Å². The van der Waals surface area contributed by atoms with Crippen LogP contribution in [0.15, 0.2) is 70.2 Å². The molecule has 5 nitrogen and oxygen atoms in total. The third-order valence-electron chi connectivity index (χ3n) is 4.82. The molecule has 3 atom stereocenters. The monoisotopic (exact) mass is 400 g/mol. The van der Waals surface area contributed by atoms with Gasteiger partial charge in [-0.15, -0.1) is 0 Å². The summed E-state index contributed by atoms with van der Waals surface area (Å²) < 4.78 is 20.3. The minimum atomic E-state index is -1.18. The molecule has 0 spiro atoms. The van der Waals surface area contributed by atoms with Crippen LogP contribution in [0, 0.1) is 5.92 Å². The summed E-state index contributed by atoms with van der Waals surface area (Å²) >= 11 is -1.18. The molecule has 28 heavy (non-hydrogen) atoms. The Morgan fingerprint density at radius 1 is 1.29 bits per heavy atom. The Morgan fingerprint density at radius 3 is 2.64 bits per heavy atom. The fraction of sp³-hybridized carbons (Fsp3) is 0.409. The van der Waals surface area contributed by atoms with Crippen molar-refractivity contribution in [3.05, 3.63) is 71.5 Å². The quantitative estimate of drug-likeness (QED) is 0.725. The summed E-state index contributed by atoms with van der Waals surface area (Å²) in [4.78, 5) is 12.7. The Balaban J connectivity index is 1.54. The lowest BCUT2D eigenvalue weighted by Gasteiger charge is -2.26. The third kappa shape index (κ3) is 5.00. The van der Waals surface area contributed by atoms with Crippen LogP contribution in [0.2, 0.25) is 0 Å². The van der Waals surface area contributed by atoms with Crippen molar-refractivity contribution in [2.24, 2.45) is 5.92 Å². The van der Waals surface area contributed by atoms with Crippen LogP contribution in [0.25, 0.3) is 0 Å². The SMILES string of the molecule is CC1=CC(c2ccco2)CC=C1NC(=O)C1C=CC(N[S+]([O-])C(C)(C)C)=CC1. The maximum atomic E-state index is 12.7. The Morgan fingerprint density at radius 2 is 2.07 bits per heavy atom. The van der Waals surface area contributed by atoms with Gasteiger partial charge in [0.05, 0.1) is 29.2 Å². The highest BCUT2D eigenvalue weighted by atomic mass is 32.2. The summed E-state index contributed by atoms with van der Waals surface area (Å²) in [7, 11) is 0. The third-order valence-corrected chi connectivity index (χ3v) is 6.36. The zero-order chi connectivity index (χ0) is 20.3. The minimum absolute atomic E-state index is 0.0288. The molecule has 0 fully saturated rings. The molecule has 0 saturated heterocycles. The van der Waals surface area contributed by atoms with Crippen LogP contribution in [0.5, 0.6) is 0 Å². The number of carbonyl (C=O) groups excluding carboxylic acids is 1. The molecule has 2 aliphatic rings. The Labute approximate surface area is 170 Å². The van der Waals surface area contributed by atoms with Gasteiger partial charge in [-0.3, -0.25) is 4.79 Å². The van der Waals surface area contributed by atoms with Gasteiger partial charge in [0.25, 0.3) is 0 Å². The van der Waals surface area contributed by atoms with E-state index in [1.54, 1.807) is 6.26 Å². The standard InChI is InChI=1S/C22H28N2O3S/c1-15-14-17(20-6-5-13-27-20)9-12-19(15)23-21(25)16-7-10-18(11-8-16)24-28(26)22(2,3)4/h5-7,10-14,16-17,24H,8-9H2,1-4H3,(H,23,25). The second kappa shape index (κ2) is 8.45. The zero-order valence-electron chi connectivity index (χ0n) is 16.8. The lowest BCUT2D eigenvalue weighted by molar-refractivity contribution is -0.122. The second-order valence-electron chi connectivity index (χ2n) is 8.16. The topological polar surface area (TPSA) is 77.3 Å². The number of furan rings is 1. The highest BCUT2D eigenvalue weighted by Gasteiger charge is 2.28. The first-order chi connectivity index (χ1) is 13.2. The molecule has 2 aliphatic carbocycles. The van der Waals surface area contributed by atoms with Crippen LogP contribution < -0.4 is 10.0 Å². The normalized spacial score (nSPS) is 23.4. The number of allylic oxidation sites excluding steroid dienone is 5. The van der Waals surface area contributed by atoms with E-state index in [2.05, 4.69) is 22.2 Å². The molecule has 3 rings (SSSR count). The van der Waals surface area contributed by atoms with E-state index in [0.29, 0.717) is 6.42 Å². The largest absolute Gasteiger partial charge is 0.593 e. The predicted octanol–water partition coefficient (Wildman–Crippen LogP) is 4.23. The number of carbonyl (C=O) groups is 1. The number of amides is 1. The van der Waals surface area contributed by atoms with Crippen molar-refractivity contribution in [3.63, 3.8) is 0 Å². The Hall–Kier alpha value is -2.18.